The number of aromatic nitrogens is 29. The molecule has 0 spiro atoms. The Kier molecular flexibility index (Phi) is 132. The fourth-order valence-electron chi connectivity index (χ4n) is 7.15. The van der Waals surface area contributed by atoms with E-state index < -0.39 is 0 Å². The predicted octanol–water partition coefficient (Wildman–Crippen LogP) is 30.6. The summed E-state index contributed by atoms with van der Waals surface area (Å²) in [6, 6.07) is 18.4. The minimum atomic E-state index is 0.317. The zero-order valence-electron chi connectivity index (χ0n) is 94.2. The minimum absolute atomic E-state index is 0.317. The molecule has 0 aliphatic rings. The molecule has 0 saturated heterocycles. The van der Waals surface area contributed by atoms with E-state index in [0.29, 0.717) is 77.7 Å². The molecule has 13 aromatic rings. The SMILES string of the molecule is CC.CC.CC.CC.CC.CC.CC.CC.CC.CC.CC.CC.CC.CC(C)c1ccc[nH]1.CC(C)c1ccn[nH]1.CC(C)c1ccno1.CC(C)c1cncnc1.CC(C)c1ncccn1.CC(C)c1nccnn1.CC(C)c1ncco1.CC(C)n1cccc1.CC(C)n1cccn1.CC(C)n1ccnn1.CC(C)n1cnnn1.CC(C)n1nccn1.CC(C)n1ncnn1. The van der Waals surface area contributed by atoms with Gasteiger partial charge in [-0.25, -0.2) is 34.6 Å². The molecule has 13 aromatic heterocycles. The van der Waals surface area contributed by atoms with Crippen molar-refractivity contribution >= 4 is 0 Å². The highest BCUT2D eigenvalue weighted by Crippen LogP contribution is 2.14. The van der Waals surface area contributed by atoms with Gasteiger partial charge in [0, 0.05) is 140 Å². The summed E-state index contributed by atoms with van der Waals surface area (Å²) in [7, 11) is 0. The van der Waals surface area contributed by atoms with Crippen molar-refractivity contribution in [3.63, 3.8) is 0 Å². The van der Waals surface area contributed by atoms with Gasteiger partial charge in [-0.3, -0.25) is 14.5 Å². The first-order chi connectivity index (χ1) is 64.0. The Morgan fingerprint density at radius 2 is 0.820 bits per heavy atom. The lowest BCUT2D eigenvalue weighted by molar-refractivity contribution is 0.371. The van der Waals surface area contributed by atoms with Crippen LogP contribution in [0.1, 0.15) is 478 Å². The summed E-state index contributed by atoms with van der Waals surface area (Å²) in [4.78, 5) is 30.2. The molecule has 0 aliphatic carbocycles. The second-order valence-electron chi connectivity index (χ2n) is 27.2. The van der Waals surface area contributed by atoms with Crippen molar-refractivity contribution in [2.45, 2.75) is 438 Å². The van der Waals surface area contributed by atoms with E-state index in [-0.39, 0.29) is 0 Å². The van der Waals surface area contributed by atoms with Crippen LogP contribution < -0.4 is 0 Å². The number of nitrogens with one attached hydrogen (secondary N) is 2. The van der Waals surface area contributed by atoms with Crippen molar-refractivity contribution < 1.29 is 8.94 Å². The van der Waals surface area contributed by atoms with Crippen LogP contribution >= 0.6 is 0 Å². The lowest BCUT2D eigenvalue weighted by Crippen LogP contribution is -2.04. The number of rotatable bonds is 13. The molecular weight excluding hydrogens is 1660 g/mol. The van der Waals surface area contributed by atoms with Crippen LogP contribution in [0.2, 0.25) is 0 Å². The van der Waals surface area contributed by atoms with E-state index >= 15 is 0 Å². The van der Waals surface area contributed by atoms with Gasteiger partial charge in [-0.15, -0.1) is 25.5 Å². The first-order valence-electron chi connectivity index (χ1n) is 49.3. The highest BCUT2D eigenvalue weighted by Gasteiger charge is 2.04. The minimum Gasteiger partial charge on any atom is -0.449 e. The summed E-state index contributed by atoms with van der Waals surface area (Å²) in [5, 5.41) is 58.7. The Bertz CT molecular complexity index is 3110. The predicted molar refractivity (Wildman–Crippen MR) is 567 cm³/mol. The molecule has 13 rings (SSSR count). The molecule has 0 aliphatic heterocycles. The fourth-order valence-corrected chi connectivity index (χ4v) is 7.15. The normalized spacial score (nSPS) is 8.88. The first-order valence-corrected chi connectivity index (χ1v) is 49.3. The molecule has 0 amide bonds. The number of H-pyrrole nitrogens is 2. The van der Waals surface area contributed by atoms with E-state index in [4.69, 9.17) is 8.94 Å². The molecule has 0 unspecified atom stereocenters. The third-order valence-corrected chi connectivity index (χ3v) is 13.6. The van der Waals surface area contributed by atoms with Crippen LogP contribution in [0.3, 0.4) is 0 Å². The van der Waals surface area contributed by atoms with Gasteiger partial charge in [-0.1, -0.05) is 287 Å². The summed E-state index contributed by atoms with van der Waals surface area (Å²) < 4.78 is 17.4. The Morgan fingerprint density at radius 1 is 0.316 bits per heavy atom. The number of nitrogens with zero attached hydrogens (tertiary/aromatic N) is 27. The van der Waals surface area contributed by atoms with Crippen LogP contribution in [-0.2, 0) is 0 Å². The number of hydrogen-bond donors (Lipinski definition) is 2. The monoisotopic (exact) mass is 1860 g/mol. The van der Waals surface area contributed by atoms with E-state index in [0.717, 1.165) is 23.3 Å². The van der Waals surface area contributed by atoms with Gasteiger partial charge in [0.15, 0.2) is 18.0 Å². The molecule has 0 radical (unpaired) electrons. The summed E-state index contributed by atoms with van der Waals surface area (Å²) in [5.41, 5.74) is 3.70. The lowest BCUT2D eigenvalue weighted by Gasteiger charge is -2.03. The molecule has 13 heterocycles. The van der Waals surface area contributed by atoms with E-state index in [1.54, 1.807) is 106 Å². The number of aromatic amines is 2. The molecule has 0 bridgehead atoms. The number of oxazole rings is 1. The molecule has 0 atom stereocenters. The summed E-state index contributed by atoms with van der Waals surface area (Å²) in [6.07, 6.45) is 38.5. The Morgan fingerprint density at radius 3 is 1.04 bits per heavy atom. The molecule has 0 saturated carbocycles. The lowest BCUT2D eigenvalue weighted by atomic mass is 10.1. The largest absolute Gasteiger partial charge is 0.449 e. The maximum atomic E-state index is 4.98. The molecule has 2 N–H and O–H groups in total. The second kappa shape index (κ2) is 117. The smallest absolute Gasteiger partial charge is 0.196 e. The van der Waals surface area contributed by atoms with Gasteiger partial charge in [0.05, 0.1) is 49.3 Å². The van der Waals surface area contributed by atoms with Gasteiger partial charge in [-0.05, 0) is 165 Å². The average Bonchev–Trinajstić information content (AvgIpc) is 1.47. The first kappa shape index (κ1) is 150. The molecule has 31 heteroatoms. The van der Waals surface area contributed by atoms with Gasteiger partial charge < -0.3 is 18.5 Å². The summed E-state index contributed by atoms with van der Waals surface area (Å²) in [6.45, 7) is 106. The highest BCUT2D eigenvalue weighted by molar-refractivity contribution is 5.08. The summed E-state index contributed by atoms with van der Waals surface area (Å²) >= 11 is 0. The van der Waals surface area contributed by atoms with E-state index in [1.807, 2.05) is 327 Å². The quantitative estimate of drug-likeness (QED) is 0.108. The van der Waals surface area contributed by atoms with Gasteiger partial charge in [-0.2, -0.15) is 35.1 Å². The van der Waals surface area contributed by atoms with Crippen LogP contribution in [0.5, 0.6) is 0 Å². The fraction of sp³-hybridized carbons (Fsp3) is 0.637. The second-order valence-corrected chi connectivity index (χ2v) is 27.2. The van der Waals surface area contributed by atoms with Gasteiger partial charge >= 0.3 is 0 Å². The topological polar surface area (TPSA) is 358 Å². The molecule has 0 fully saturated rings. The summed E-state index contributed by atoms with van der Waals surface area (Å²) in [5.74, 6) is 6.88. The van der Waals surface area contributed by atoms with E-state index in [2.05, 4.69) is 251 Å². The highest BCUT2D eigenvalue weighted by atomic mass is 16.5. The average molecular weight is 1870 g/mol. The third kappa shape index (κ3) is 94.0. The van der Waals surface area contributed by atoms with Crippen molar-refractivity contribution in [2.75, 3.05) is 0 Å². The van der Waals surface area contributed by atoms with Crippen molar-refractivity contribution in [3.05, 3.63) is 226 Å². The third-order valence-electron chi connectivity index (χ3n) is 13.6. The van der Waals surface area contributed by atoms with E-state index in [9.17, 15) is 0 Å². The van der Waals surface area contributed by atoms with Crippen molar-refractivity contribution in [3.8, 4) is 0 Å². The number of tetrazole rings is 2. The molecule has 0 aromatic carbocycles. The maximum absolute atomic E-state index is 4.98. The van der Waals surface area contributed by atoms with Crippen molar-refractivity contribution in [1.29, 1.82) is 0 Å². The Hall–Kier alpha value is -11.0. The maximum Gasteiger partial charge on any atom is 0.196 e. The Labute approximate surface area is 813 Å². The standard InChI is InChI=1S/2C7H10N2.2C7H11N.C6H9N3.2C6H10N2.2C6H9NO.2C5H9N3.2C4H8N4.13C2H6/c1-6(2)7-3-8-5-9-4-7;1-6(2)7-8-4-3-5-9-7;1-7(2)8-5-3-4-6-8;1-6(2)7-4-3-5-8-7;1-5(2)6-7-3-4-8-9-6;1-6(2)8-5-3-4-7-8;1-5(2)6-3-4-7-8-6;1-5(2)6-7-3-4-8-6;1-5(2)6-3-4-7-8-6;1-5(2)8-4-3-6-7-8;1-5(2)8-6-3-4-7-8;1-4(2)8-3-5-6-7-8;1-4(2)8-6-3-5-7-8;13*1-2/h2*3-6H,1-2H3;3-7H,1-2H3;3-6,8H,1-2H3;3-5H,1-2H3;3-6H,1-2H3;3-5H,1-2H3,(H,7,8);4*3-5H,1-2H3;2*3-4H,1-2H3;13*1-2H3. The van der Waals surface area contributed by atoms with E-state index in [1.165, 1.54) is 23.3 Å². The zero-order chi connectivity index (χ0) is 106. The van der Waals surface area contributed by atoms with Gasteiger partial charge in [0.25, 0.3) is 0 Å². The molecule has 133 heavy (non-hydrogen) atoms. The van der Waals surface area contributed by atoms with Crippen LogP contribution in [0, 0.1) is 0 Å². The molecular formula is C102H201N29O2. The van der Waals surface area contributed by atoms with Crippen LogP contribution in [0.15, 0.2) is 194 Å². The van der Waals surface area contributed by atoms with Crippen molar-refractivity contribution in [1.82, 2.24) is 145 Å². The number of hydrogen-bond acceptors (Lipinski definition) is 23. The van der Waals surface area contributed by atoms with Crippen LogP contribution in [-0.4, -0.2) is 145 Å². The Balaban J connectivity index is -0.000000104. The zero-order valence-corrected chi connectivity index (χ0v) is 94.2. The van der Waals surface area contributed by atoms with Gasteiger partial charge in [0.2, 0.25) is 0 Å². The molecule has 766 valence electrons. The van der Waals surface area contributed by atoms with Crippen LogP contribution in [0.25, 0.3) is 0 Å². The van der Waals surface area contributed by atoms with Crippen LogP contribution in [0.4, 0.5) is 0 Å². The molecule has 31 nitrogen and oxygen atoms in total. The van der Waals surface area contributed by atoms with Gasteiger partial charge in [0.1, 0.15) is 30.5 Å². The van der Waals surface area contributed by atoms with Crippen molar-refractivity contribution in [2.24, 2.45) is 0 Å².